The summed E-state index contributed by atoms with van der Waals surface area (Å²) in [4.78, 5) is 1.84. The molecule has 0 heterocycles. The topological polar surface area (TPSA) is 17.1 Å². The number of rotatable bonds is 6. The monoisotopic (exact) mass is 474 g/mol. The van der Waals surface area contributed by atoms with Gasteiger partial charge < -0.3 is 0 Å². The number of benzene rings is 2. The summed E-state index contributed by atoms with van der Waals surface area (Å²) in [5.74, 6) is 3.40. The predicted molar refractivity (Wildman–Crippen MR) is 146 cm³/mol. The van der Waals surface area contributed by atoms with Crippen molar-refractivity contribution in [1.82, 2.24) is 0 Å². The molecule has 0 bridgehead atoms. The quantitative estimate of drug-likeness (QED) is 0.382. The molecular formula is C32H42OS. The normalized spacial score (nSPS) is 26.4. The Balaban J connectivity index is 1.65. The molecule has 4 unspecified atom stereocenters. The molecule has 0 N–H and O–H groups in total. The minimum Gasteiger partial charge on any atom is -0.249 e. The smallest absolute Gasteiger partial charge is 0.0849 e. The van der Waals surface area contributed by atoms with Crippen molar-refractivity contribution in [1.29, 1.82) is 0 Å². The third kappa shape index (κ3) is 5.48. The summed E-state index contributed by atoms with van der Waals surface area (Å²) in [7, 11) is -1.18. The molecule has 0 aromatic heterocycles. The molecule has 1 nitrogen and oxygen atoms in total. The molecule has 0 saturated carbocycles. The van der Waals surface area contributed by atoms with Crippen LogP contribution in [0.4, 0.5) is 0 Å². The summed E-state index contributed by atoms with van der Waals surface area (Å²) >= 11 is 0. The summed E-state index contributed by atoms with van der Waals surface area (Å²) in [6.45, 7) is 13.9. The lowest BCUT2D eigenvalue weighted by Crippen LogP contribution is -2.21. The lowest BCUT2D eigenvalue weighted by Gasteiger charge is -2.33. The van der Waals surface area contributed by atoms with Crippen LogP contribution < -0.4 is 0 Å². The van der Waals surface area contributed by atoms with E-state index in [1.54, 1.807) is 0 Å². The molecule has 0 fully saturated rings. The van der Waals surface area contributed by atoms with Crippen LogP contribution in [-0.2, 0) is 10.8 Å². The van der Waals surface area contributed by atoms with Crippen molar-refractivity contribution >= 4 is 10.8 Å². The fraction of sp³-hybridized carbons (Fsp3) is 0.500. The molecule has 34 heavy (non-hydrogen) atoms. The van der Waals surface area contributed by atoms with Gasteiger partial charge in [-0.05, 0) is 98.6 Å². The van der Waals surface area contributed by atoms with Gasteiger partial charge in [0.25, 0.3) is 0 Å². The number of hydrogen-bond donors (Lipinski definition) is 0. The third-order valence-corrected chi connectivity index (χ3v) is 9.59. The van der Waals surface area contributed by atoms with Crippen molar-refractivity contribution in [3.05, 3.63) is 83.0 Å². The molecule has 0 amide bonds. The molecular weight excluding hydrogens is 432 g/mol. The standard InChI is InChI=1S/C32H42OS/c1-21(2)29-15-13-23(5)17-31(29)25-9-7-11-27(19-25)34(33)28-12-8-10-26(20-28)32-18-24(6)14-16-30(32)22(3)4/h7-12,17-22,29-32H,13-16H2,1-6H3. The van der Waals surface area contributed by atoms with Crippen LogP contribution in [0.3, 0.4) is 0 Å². The second kappa shape index (κ2) is 10.8. The highest BCUT2D eigenvalue weighted by molar-refractivity contribution is 7.85. The maximum Gasteiger partial charge on any atom is 0.0849 e. The molecule has 2 aliphatic carbocycles. The minimum atomic E-state index is -1.18. The van der Waals surface area contributed by atoms with E-state index in [1.807, 2.05) is 12.1 Å². The lowest BCUT2D eigenvalue weighted by molar-refractivity contribution is 0.315. The summed E-state index contributed by atoms with van der Waals surface area (Å²) in [6.07, 6.45) is 9.80. The zero-order valence-electron chi connectivity index (χ0n) is 21.9. The van der Waals surface area contributed by atoms with Crippen LogP contribution in [0.5, 0.6) is 0 Å². The summed E-state index contributed by atoms with van der Waals surface area (Å²) in [6, 6.07) is 17.2. The Hall–Kier alpha value is -1.93. The van der Waals surface area contributed by atoms with Crippen molar-refractivity contribution in [2.75, 3.05) is 0 Å². The van der Waals surface area contributed by atoms with E-state index in [9.17, 15) is 4.21 Å². The van der Waals surface area contributed by atoms with Crippen LogP contribution >= 0.6 is 0 Å². The first-order chi connectivity index (χ1) is 16.2. The van der Waals surface area contributed by atoms with E-state index < -0.39 is 10.8 Å². The van der Waals surface area contributed by atoms with E-state index in [4.69, 9.17) is 0 Å². The molecule has 2 aliphatic rings. The molecule has 2 heteroatoms. The zero-order chi connectivity index (χ0) is 24.4. The van der Waals surface area contributed by atoms with Crippen molar-refractivity contribution in [3.8, 4) is 0 Å². The van der Waals surface area contributed by atoms with Gasteiger partial charge in [-0.15, -0.1) is 0 Å². The fourth-order valence-electron chi connectivity index (χ4n) is 6.17. The SMILES string of the molecule is CC1=CC(c2cccc(S(=O)c3cccc(C4C=C(C)CCC4C(C)C)c3)c2)C(C(C)C)CC1. The maximum atomic E-state index is 13.8. The van der Waals surface area contributed by atoms with E-state index in [-0.39, 0.29) is 0 Å². The van der Waals surface area contributed by atoms with Gasteiger partial charge in [0, 0.05) is 21.6 Å². The Morgan fingerprint density at radius 3 is 1.50 bits per heavy atom. The van der Waals surface area contributed by atoms with Crippen LogP contribution in [0.1, 0.15) is 90.2 Å². The second-order valence-electron chi connectivity index (χ2n) is 11.4. The van der Waals surface area contributed by atoms with Crippen molar-refractivity contribution in [2.45, 2.75) is 88.9 Å². The first kappa shape index (κ1) is 25.2. The highest BCUT2D eigenvalue weighted by atomic mass is 32.2. The van der Waals surface area contributed by atoms with Gasteiger partial charge >= 0.3 is 0 Å². The lowest BCUT2D eigenvalue weighted by atomic mass is 9.72. The Bertz CT molecular complexity index is 1000. The van der Waals surface area contributed by atoms with E-state index >= 15 is 0 Å². The molecule has 0 aliphatic heterocycles. The second-order valence-corrected chi connectivity index (χ2v) is 12.9. The van der Waals surface area contributed by atoms with Gasteiger partial charge in [-0.2, -0.15) is 0 Å². The Morgan fingerprint density at radius 1 is 0.706 bits per heavy atom. The number of hydrogen-bond acceptors (Lipinski definition) is 1. The third-order valence-electron chi connectivity index (χ3n) is 8.22. The van der Waals surface area contributed by atoms with Gasteiger partial charge in [0.1, 0.15) is 0 Å². The van der Waals surface area contributed by atoms with Gasteiger partial charge in [0.15, 0.2) is 0 Å². The molecule has 2 aromatic carbocycles. The average molecular weight is 475 g/mol. The van der Waals surface area contributed by atoms with Gasteiger partial charge in [0.05, 0.1) is 10.8 Å². The minimum absolute atomic E-state index is 0.416. The predicted octanol–water partition coefficient (Wildman–Crippen LogP) is 9.05. The number of allylic oxidation sites excluding steroid dienone is 4. The summed E-state index contributed by atoms with van der Waals surface area (Å²) < 4.78 is 13.8. The van der Waals surface area contributed by atoms with Crippen LogP contribution in [0.25, 0.3) is 0 Å². The van der Waals surface area contributed by atoms with E-state index in [0.29, 0.717) is 35.5 Å². The Labute approximate surface area is 210 Å². The fourth-order valence-corrected chi connectivity index (χ4v) is 7.33. The molecule has 0 saturated heterocycles. The van der Waals surface area contributed by atoms with Crippen molar-refractivity contribution in [3.63, 3.8) is 0 Å². The molecule has 4 rings (SSSR count). The maximum absolute atomic E-state index is 13.8. The molecule has 4 atom stereocenters. The van der Waals surface area contributed by atoms with Crippen LogP contribution in [0.15, 0.2) is 81.6 Å². The summed E-state index contributed by atoms with van der Waals surface area (Å²) in [5.41, 5.74) is 5.59. The van der Waals surface area contributed by atoms with Crippen LogP contribution in [-0.4, -0.2) is 4.21 Å². The molecule has 0 spiro atoms. The Morgan fingerprint density at radius 2 is 1.12 bits per heavy atom. The summed E-state index contributed by atoms with van der Waals surface area (Å²) in [5, 5.41) is 0. The Kier molecular flexibility index (Phi) is 7.97. The molecule has 2 aromatic rings. The zero-order valence-corrected chi connectivity index (χ0v) is 22.7. The van der Waals surface area contributed by atoms with Crippen molar-refractivity contribution in [2.24, 2.45) is 23.7 Å². The molecule has 182 valence electrons. The average Bonchev–Trinajstić information content (AvgIpc) is 2.83. The van der Waals surface area contributed by atoms with Crippen molar-refractivity contribution < 1.29 is 4.21 Å². The largest absolute Gasteiger partial charge is 0.249 e. The van der Waals surface area contributed by atoms with E-state index in [2.05, 4.69) is 90.1 Å². The van der Waals surface area contributed by atoms with E-state index in [1.165, 1.54) is 48.0 Å². The highest BCUT2D eigenvalue weighted by Crippen LogP contribution is 2.42. The highest BCUT2D eigenvalue weighted by Gasteiger charge is 2.29. The van der Waals surface area contributed by atoms with Gasteiger partial charge in [-0.25, -0.2) is 4.21 Å². The van der Waals surface area contributed by atoms with Gasteiger partial charge in [-0.3, -0.25) is 0 Å². The van der Waals surface area contributed by atoms with Crippen LogP contribution in [0.2, 0.25) is 0 Å². The van der Waals surface area contributed by atoms with Gasteiger partial charge in [-0.1, -0.05) is 75.3 Å². The van der Waals surface area contributed by atoms with Gasteiger partial charge in [0.2, 0.25) is 0 Å². The van der Waals surface area contributed by atoms with E-state index in [0.717, 1.165) is 9.79 Å². The first-order valence-electron chi connectivity index (χ1n) is 13.2. The molecule has 0 radical (unpaired) electrons. The first-order valence-corrected chi connectivity index (χ1v) is 14.4. The van der Waals surface area contributed by atoms with Crippen LogP contribution in [0, 0.1) is 23.7 Å².